The van der Waals surface area contributed by atoms with E-state index < -0.39 is 0 Å². The maximum atomic E-state index is 4.70. The number of hydrogen-bond acceptors (Lipinski definition) is 4. The highest BCUT2D eigenvalue weighted by Gasteiger charge is 2.10. The van der Waals surface area contributed by atoms with Crippen molar-refractivity contribution >= 4 is 33.4 Å². The molecule has 4 nitrogen and oxygen atoms in total. The number of aromatic nitrogens is 2. The van der Waals surface area contributed by atoms with E-state index in [2.05, 4.69) is 70.5 Å². The van der Waals surface area contributed by atoms with Gasteiger partial charge in [-0.3, -0.25) is 0 Å². The van der Waals surface area contributed by atoms with Gasteiger partial charge in [-0.2, -0.15) is 4.98 Å². The lowest BCUT2D eigenvalue weighted by atomic mass is 10.1. The van der Waals surface area contributed by atoms with Crippen LogP contribution < -0.4 is 10.6 Å². The minimum atomic E-state index is 0.309. The molecule has 0 fully saturated rings. The summed E-state index contributed by atoms with van der Waals surface area (Å²) in [4.78, 5) is 9.36. The number of nitrogens with zero attached hydrogens (tertiary/aromatic N) is 2. The van der Waals surface area contributed by atoms with Gasteiger partial charge < -0.3 is 10.6 Å². The first-order valence-electron chi connectivity index (χ1n) is 8.79. The molecule has 2 aromatic carbocycles. The van der Waals surface area contributed by atoms with Crippen molar-refractivity contribution < 1.29 is 0 Å². The molecular weight excluding hydrogens is 388 g/mol. The van der Waals surface area contributed by atoms with Gasteiger partial charge in [0.05, 0.1) is 5.69 Å². The third kappa shape index (κ3) is 4.61. The topological polar surface area (TPSA) is 49.8 Å². The van der Waals surface area contributed by atoms with Gasteiger partial charge in [0.25, 0.3) is 0 Å². The fourth-order valence-electron chi connectivity index (χ4n) is 2.56. The molecule has 134 valence electrons. The zero-order valence-corrected chi connectivity index (χ0v) is 16.8. The molecule has 3 aromatic rings. The quantitative estimate of drug-likeness (QED) is 0.509. The number of hydrogen-bond donors (Lipinski definition) is 2. The van der Waals surface area contributed by atoms with Gasteiger partial charge in [0, 0.05) is 27.8 Å². The van der Waals surface area contributed by atoms with Crippen LogP contribution in [0.3, 0.4) is 0 Å². The Labute approximate surface area is 163 Å². The van der Waals surface area contributed by atoms with Crippen LogP contribution in [-0.2, 0) is 0 Å². The Morgan fingerprint density at radius 3 is 2.50 bits per heavy atom. The number of anilines is 3. The molecule has 3 rings (SSSR count). The van der Waals surface area contributed by atoms with E-state index in [9.17, 15) is 0 Å². The third-order valence-corrected chi connectivity index (χ3v) is 4.73. The van der Waals surface area contributed by atoms with Crippen molar-refractivity contribution in [2.24, 2.45) is 0 Å². The Morgan fingerprint density at radius 1 is 1.04 bits per heavy atom. The van der Waals surface area contributed by atoms with Gasteiger partial charge in [-0.05, 0) is 44.0 Å². The average Bonchev–Trinajstić information content (AvgIpc) is 2.64. The van der Waals surface area contributed by atoms with Crippen molar-refractivity contribution in [1.29, 1.82) is 0 Å². The van der Waals surface area contributed by atoms with Crippen molar-refractivity contribution in [2.75, 3.05) is 10.6 Å². The first-order valence-corrected chi connectivity index (χ1v) is 9.58. The average molecular weight is 411 g/mol. The molecule has 1 atom stereocenters. The Kier molecular flexibility index (Phi) is 5.89. The summed E-state index contributed by atoms with van der Waals surface area (Å²) in [6.07, 6.45) is 1.01. The molecule has 0 saturated carbocycles. The number of benzene rings is 2. The summed E-state index contributed by atoms with van der Waals surface area (Å²) in [5.74, 6) is 1.41. The van der Waals surface area contributed by atoms with E-state index in [1.165, 1.54) is 0 Å². The lowest BCUT2D eigenvalue weighted by molar-refractivity contribution is 0.753. The molecule has 0 aliphatic heterocycles. The van der Waals surface area contributed by atoms with E-state index in [0.29, 0.717) is 12.0 Å². The molecule has 0 bridgehead atoms. The zero-order chi connectivity index (χ0) is 18.5. The monoisotopic (exact) mass is 410 g/mol. The molecule has 26 heavy (non-hydrogen) atoms. The minimum Gasteiger partial charge on any atom is -0.352 e. The lowest BCUT2D eigenvalue weighted by Gasteiger charge is -2.15. The third-order valence-electron chi connectivity index (χ3n) is 4.23. The second-order valence-electron chi connectivity index (χ2n) is 6.37. The molecule has 1 heterocycles. The van der Waals surface area contributed by atoms with Gasteiger partial charge in [-0.1, -0.05) is 53.2 Å². The van der Waals surface area contributed by atoms with Crippen molar-refractivity contribution in [3.8, 4) is 11.3 Å². The van der Waals surface area contributed by atoms with Crippen LogP contribution in [0, 0.1) is 6.92 Å². The molecule has 0 radical (unpaired) electrons. The fourth-order valence-corrected chi connectivity index (χ4v) is 3.04. The Balaban J connectivity index is 1.98. The Bertz CT molecular complexity index is 880. The van der Waals surface area contributed by atoms with Crippen LogP contribution in [0.4, 0.5) is 17.5 Å². The van der Waals surface area contributed by atoms with Crippen LogP contribution in [0.5, 0.6) is 0 Å². The largest absolute Gasteiger partial charge is 0.352 e. The lowest BCUT2D eigenvalue weighted by Crippen LogP contribution is -2.16. The van der Waals surface area contributed by atoms with Gasteiger partial charge in [-0.25, -0.2) is 4.98 Å². The van der Waals surface area contributed by atoms with Gasteiger partial charge in [-0.15, -0.1) is 0 Å². The minimum absolute atomic E-state index is 0.309. The van der Waals surface area contributed by atoms with Crippen molar-refractivity contribution in [1.82, 2.24) is 9.97 Å². The summed E-state index contributed by atoms with van der Waals surface area (Å²) < 4.78 is 1.06. The van der Waals surface area contributed by atoms with Crippen molar-refractivity contribution in [3.05, 3.63) is 64.6 Å². The first kappa shape index (κ1) is 18.4. The normalized spacial score (nSPS) is 11.8. The van der Waals surface area contributed by atoms with Crippen LogP contribution in [0.25, 0.3) is 11.3 Å². The predicted octanol–water partition coefficient (Wildman–Crippen LogP) is 6.17. The predicted molar refractivity (Wildman–Crippen MR) is 113 cm³/mol. The van der Waals surface area contributed by atoms with Crippen molar-refractivity contribution in [3.63, 3.8) is 0 Å². The van der Waals surface area contributed by atoms with Gasteiger partial charge in [0.15, 0.2) is 0 Å². The highest BCUT2D eigenvalue weighted by molar-refractivity contribution is 9.10. The summed E-state index contributed by atoms with van der Waals surface area (Å²) in [5.41, 5.74) is 4.14. The second kappa shape index (κ2) is 8.32. The maximum Gasteiger partial charge on any atom is 0.225 e. The standard InChI is InChI=1S/C21H23BrN4/c1-4-15(3)23-21-25-19(16-8-6-5-7-9-16)13-20(26-21)24-18-11-10-17(22)12-14(18)2/h5-13,15H,4H2,1-3H3,(H2,23,24,25,26)/t15-/m1/s1. The zero-order valence-electron chi connectivity index (χ0n) is 15.3. The van der Waals surface area contributed by atoms with Crippen LogP contribution in [0.2, 0.25) is 0 Å². The number of rotatable bonds is 6. The number of halogens is 1. The van der Waals surface area contributed by atoms with E-state index in [-0.39, 0.29) is 0 Å². The van der Waals surface area contributed by atoms with E-state index in [4.69, 9.17) is 4.98 Å². The molecule has 0 amide bonds. The number of aryl methyl sites for hydroxylation is 1. The maximum absolute atomic E-state index is 4.70. The van der Waals surface area contributed by atoms with Crippen molar-refractivity contribution in [2.45, 2.75) is 33.2 Å². The van der Waals surface area contributed by atoms with Crippen LogP contribution >= 0.6 is 15.9 Å². The van der Waals surface area contributed by atoms with E-state index in [1.807, 2.05) is 36.4 Å². The molecular formula is C21H23BrN4. The van der Waals surface area contributed by atoms with E-state index in [1.54, 1.807) is 0 Å². The molecule has 5 heteroatoms. The van der Waals surface area contributed by atoms with E-state index >= 15 is 0 Å². The Hall–Kier alpha value is -2.40. The number of nitrogens with one attached hydrogen (secondary N) is 2. The van der Waals surface area contributed by atoms with Crippen LogP contribution in [0.1, 0.15) is 25.8 Å². The molecule has 2 N–H and O–H groups in total. The first-order chi connectivity index (χ1) is 12.5. The summed E-state index contributed by atoms with van der Waals surface area (Å²) in [6.45, 7) is 6.35. The highest BCUT2D eigenvalue weighted by Crippen LogP contribution is 2.26. The van der Waals surface area contributed by atoms with Crippen LogP contribution in [0.15, 0.2) is 59.1 Å². The Morgan fingerprint density at radius 2 is 1.81 bits per heavy atom. The summed E-state index contributed by atoms with van der Waals surface area (Å²) >= 11 is 3.51. The summed E-state index contributed by atoms with van der Waals surface area (Å²) in [5, 5.41) is 6.81. The molecule has 0 aliphatic rings. The molecule has 1 aromatic heterocycles. The van der Waals surface area contributed by atoms with E-state index in [0.717, 1.165) is 39.2 Å². The van der Waals surface area contributed by atoms with Crippen LogP contribution in [-0.4, -0.2) is 16.0 Å². The summed E-state index contributed by atoms with van der Waals surface area (Å²) in [7, 11) is 0. The molecule has 0 unspecified atom stereocenters. The molecule has 0 saturated heterocycles. The highest BCUT2D eigenvalue weighted by atomic mass is 79.9. The molecule has 0 aliphatic carbocycles. The fraction of sp³-hybridized carbons (Fsp3) is 0.238. The van der Waals surface area contributed by atoms with Gasteiger partial charge in [0.1, 0.15) is 5.82 Å². The second-order valence-corrected chi connectivity index (χ2v) is 7.28. The summed E-state index contributed by atoms with van der Waals surface area (Å²) in [6, 6.07) is 18.6. The molecule has 0 spiro atoms. The van der Waals surface area contributed by atoms with Gasteiger partial charge >= 0.3 is 0 Å². The smallest absolute Gasteiger partial charge is 0.225 e. The van der Waals surface area contributed by atoms with Gasteiger partial charge in [0.2, 0.25) is 5.95 Å². The SMILES string of the molecule is CC[C@@H](C)Nc1nc(Nc2ccc(Br)cc2C)cc(-c2ccccc2)n1.